The summed E-state index contributed by atoms with van der Waals surface area (Å²) in [6.45, 7) is 2.15. The van der Waals surface area contributed by atoms with Gasteiger partial charge in [-0.05, 0) is 29.3 Å². The van der Waals surface area contributed by atoms with Crippen molar-refractivity contribution in [1.82, 2.24) is 15.2 Å². The Labute approximate surface area is 144 Å². The molecule has 2 unspecified atom stereocenters. The second kappa shape index (κ2) is 7.68. The Morgan fingerprint density at radius 2 is 2.25 bits per heavy atom. The smallest absolute Gasteiger partial charge is 0.254 e. The first-order valence-electron chi connectivity index (χ1n) is 7.96. The number of aromatic nitrogens is 1. The number of hydrogen-bond acceptors (Lipinski definition) is 4. The third-order valence-electron chi connectivity index (χ3n) is 4.12. The van der Waals surface area contributed by atoms with Crippen molar-refractivity contribution in [2.45, 2.75) is 11.8 Å². The number of nitrogens with one attached hydrogen (secondary N) is 1. The van der Waals surface area contributed by atoms with Crippen LogP contribution in [-0.2, 0) is 16.6 Å². The predicted octanol–water partition coefficient (Wildman–Crippen LogP) is 1.75. The zero-order valence-corrected chi connectivity index (χ0v) is 14.5. The van der Waals surface area contributed by atoms with Gasteiger partial charge in [-0.25, -0.2) is 0 Å². The number of nitrogens with zero attached hydrogens (tertiary/aromatic N) is 2. The van der Waals surface area contributed by atoms with Crippen LogP contribution in [0.25, 0.3) is 0 Å². The molecule has 1 aliphatic heterocycles. The summed E-state index contributed by atoms with van der Waals surface area (Å²) in [6.07, 6.45) is 5.22. The molecule has 0 aliphatic carbocycles. The topological polar surface area (TPSA) is 62.3 Å². The van der Waals surface area contributed by atoms with Crippen molar-refractivity contribution in [3.8, 4) is 0 Å². The van der Waals surface area contributed by atoms with E-state index in [1.54, 1.807) is 12.5 Å². The molecule has 24 heavy (non-hydrogen) atoms. The van der Waals surface area contributed by atoms with Crippen LogP contribution < -0.4 is 5.32 Å². The van der Waals surface area contributed by atoms with Gasteiger partial charge in [0.25, 0.3) is 5.91 Å². The van der Waals surface area contributed by atoms with Gasteiger partial charge >= 0.3 is 0 Å². The molecule has 0 radical (unpaired) electrons. The van der Waals surface area contributed by atoms with Gasteiger partial charge in [-0.15, -0.1) is 0 Å². The molecule has 1 N–H and O–H groups in total. The molecule has 2 atom stereocenters. The lowest BCUT2D eigenvalue weighted by molar-refractivity contribution is 0.0634. The van der Waals surface area contributed by atoms with E-state index in [0.29, 0.717) is 17.9 Å². The number of carbonyl (C=O) groups is 1. The molecule has 0 saturated carbocycles. The molecular weight excluding hydrogens is 322 g/mol. The highest BCUT2D eigenvalue weighted by molar-refractivity contribution is 7.83. The van der Waals surface area contributed by atoms with Crippen molar-refractivity contribution in [2.24, 2.45) is 0 Å². The maximum Gasteiger partial charge on any atom is 0.254 e. The van der Waals surface area contributed by atoms with E-state index in [9.17, 15) is 9.00 Å². The van der Waals surface area contributed by atoms with E-state index in [1.165, 1.54) is 0 Å². The number of amides is 1. The van der Waals surface area contributed by atoms with Gasteiger partial charge in [-0.3, -0.25) is 14.0 Å². The Hall–Kier alpha value is -2.05. The highest BCUT2D eigenvalue weighted by atomic mass is 32.2. The molecule has 0 bridgehead atoms. The fraction of sp³-hybridized carbons (Fsp3) is 0.333. The Morgan fingerprint density at radius 1 is 1.38 bits per heavy atom. The molecule has 1 amide bonds. The monoisotopic (exact) mass is 343 g/mol. The normalized spacial score (nSPS) is 19.0. The lowest BCUT2D eigenvalue weighted by Gasteiger charge is -2.36. The van der Waals surface area contributed by atoms with Crippen molar-refractivity contribution in [3.63, 3.8) is 0 Å². The maximum absolute atomic E-state index is 13.0. The number of pyridine rings is 1. The summed E-state index contributed by atoms with van der Waals surface area (Å²) in [5, 5.41) is 3.35. The summed E-state index contributed by atoms with van der Waals surface area (Å²) in [4.78, 5) is 19.1. The molecule has 2 aromatic rings. The highest BCUT2D eigenvalue weighted by Gasteiger charge is 2.28. The molecule has 3 rings (SSSR count). The molecule has 1 aliphatic rings. The van der Waals surface area contributed by atoms with Gasteiger partial charge in [0.15, 0.2) is 0 Å². The number of benzene rings is 1. The summed E-state index contributed by atoms with van der Waals surface area (Å²) in [7, 11) is -0.923. The van der Waals surface area contributed by atoms with Crippen LogP contribution in [0.1, 0.15) is 27.5 Å². The Bertz CT molecular complexity index is 736. The fourth-order valence-corrected chi connectivity index (χ4v) is 3.66. The molecule has 1 saturated heterocycles. The fourth-order valence-electron chi connectivity index (χ4n) is 3.01. The van der Waals surface area contributed by atoms with Gasteiger partial charge in [0.2, 0.25) is 0 Å². The van der Waals surface area contributed by atoms with Crippen molar-refractivity contribution in [1.29, 1.82) is 0 Å². The average molecular weight is 343 g/mol. The molecule has 0 spiro atoms. The van der Waals surface area contributed by atoms with Crippen LogP contribution in [-0.4, -0.2) is 45.9 Å². The summed E-state index contributed by atoms with van der Waals surface area (Å²) in [6, 6.07) is 11.3. The minimum absolute atomic E-state index is 0.00842. The van der Waals surface area contributed by atoms with E-state index in [-0.39, 0.29) is 11.9 Å². The summed E-state index contributed by atoms with van der Waals surface area (Å²) < 4.78 is 11.4. The van der Waals surface area contributed by atoms with E-state index in [4.69, 9.17) is 0 Å². The van der Waals surface area contributed by atoms with Crippen molar-refractivity contribution >= 4 is 16.7 Å². The third-order valence-corrected chi connectivity index (χ3v) is 4.86. The van der Waals surface area contributed by atoms with Crippen molar-refractivity contribution < 1.29 is 9.00 Å². The number of carbonyl (C=O) groups excluding carboxylic acids is 1. The Morgan fingerprint density at radius 3 is 3.00 bits per heavy atom. The molecule has 1 aromatic heterocycles. The van der Waals surface area contributed by atoms with E-state index in [2.05, 4.69) is 10.3 Å². The summed E-state index contributed by atoms with van der Waals surface area (Å²) >= 11 is 0. The van der Waals surface area contributed by atoms with Gasteiger partial charge in [-0.2, -0.15) is 0 Å². The molecule has 1 fully saturated rings. The van der Waals surface area contributed by atoms with Crippen LogP contribution in [0.4, 0.5) is 0 Å². The van der Waals surface area contributed by atoms with Crippen LogP contribution in [0.5, 0.6) is 0 Å². The van der Waals surface area contributed by atoms with Gasteiger partial charge < -0.3 is 10.2 Å². The Kier molecular flexibility index (Phi) is 5.37. The maximum atomic E-state index is 13.0. The largest absolute Gasteiger partial charge is 0.329 e. The van der Waals surface area contributed by atoms with Crippen LogP contribution >= 0.6 is 0 Å². The minimum Gasteiger partial charge on any atom is -0.329 e. The van der Waals surface area contributed by atoms with E-state index >= 15 is 0 Å². The highest BCUT2D eigenvalue weighted by Crippen LogP contribution is 2.24. The van der Waals surface area contributed by atoms with Crippen LogP contribution in [0, 0.1) is 0 Å². The van der Waals surface area contributed by atoms with E-state index in [1.807, 2.05) is 47.5 Å². The zero-order valence-electron chi connectivity index (χ0n) is 13.6. The second-order valence-corrected chi connectivity index (χ2v) is 7.36. The second-order valence-electron chi connectivity index (χ2n) is 5.92. The summed E-state index contributed by atoms with van der Waals surface area (Å²) in [5.41, 5.74) is 2.60. The van der Waals surface area contributed by atoms with Crippen LogP contribution in [0.3, 0.4) is 0 Å². The van der Waals surface area contributed by atoms with Crippen LogP contribution in [0.2, 0.25) is 0 Å². The molecular formula is C18H21N3O2S. The molecule has 5 nitrogen and oxygen atoms in total. The first-order valence-corrected chi connectivity index (χ1v) is 9.68. The molecule has 6 heteroatoms. The molecule has 1 aromatic carbocycles. The van der Waals surface area contributed by atoms with Gasteiger partial charge in [0.1, 0.15) is 0 Å². The first kappa shape index (κ1) is 16.8. The molecule has 126 valence electrons. The SMILES string of the molecule is CS(=O)Cc1cccc(C(=O)N2CCNCC2c2cccnc2)c1. The first-order chi connectivity index (χ1) is 11.6. The summed E-state index contributed by atoms with van der Waals surface area (Å²) in [5.74, 6) is 0.475. The average Bonchev–Trinajstić information content (AvgIpc) is 2.61. The number of rotatable bonds is 4. The Balaban J connectivity index is 1.85. The quantitative estimate of drug-likeness (QED) is 0.919. The van der Waals surface area contributed by atoms with Gasteiger partial charge in [-0.1, -0.05) is 18.2 Å². The number of piperazine rings is 1. The third kappa shape index (κ3) is 3.88. The van der Waals surface area contributed by atoms with E-state index in [0.717, 1.165) is 24.2 Å². The van der Waals surface area contributed by atoms with Crippen LogP contribution in [0.15, 0.2) is 48.8 Å². The van der Waals surface area contributed by atoms with Crippen molar-refractivity contribution in [3.05, 3.63) is 65.5 Å². The van der Waals surface area contributed by atoms with E-state index < -0.39 is 10.8 Å². The molecule has 2 heterocycles. The number of hydrogen-bond donors (Lipinski definition) is 1. The van der Waals surface area contributed by atoms with Gasteiger partial charge in [0.05, 0.1) is 6.04 Å². The van der Waals surface area contributed by atoms with Gasteiger partial charge in [0, 0.05) is 60.4 Å². The minimum atomic E-state index is -0.923. The predicted molar refractivity (Wildman–Crippen MR) is 95.1 cm³/mol. The standard InChI is InChI=1S/C18H21N3O2S/c1-24(23)13-14-4-2-5-15(10-14)18(22)21-9-8-20-12-17(21)16-6-3-7-19-11-16/h2-7,10-11,17,20H,8-9,12-13H2,1H3. The lowest BCUT2D eigenvalue weighted by Crippen LogP contribution is -2.48. The lowest BCUT2D eigenvalue weighted by atomic mass is 10.0. The van der Waals surface area contributed by atoms with Crippen molar-refractivity contribution in [2.75, 3.05) is 25.9 Å². The zero-order chi connectivity index (χ0) is 16.9.